The zero-order valence-electron chi connectivity index (χ0n) is 6.74. The number of hydrogen-bond donors (Lipinski definition) is 0. The Morgan fingerprint density at radius 1 is 1.33 bits per heavy atom. The number of unbranched alkanes of at least 4 members (excludes halogenated alkanes) is 1. The second-order valence-electron chi connectivity index (χ2n) is 2.91. The van der Waals surface area contributed by atoms with Crippen LogP contribution in [0.4, 0.5) is 0 Å². The molecule has 0 aliphatic heterocycles. The largest absolute Gasteiger partial charge is 0.230 e. The molecule has 0 aromatic rings. The fourth-order valence-corrected chi connectivity index (χ4v) is 0.727. The van der Waals surface area contributed by atoms with E-state index in [-0.39, 0.29) is 0 Å². The lowest BCUT2D eigenvalue weighted by Crippen LogP contribution is -2.19. The van der Waals surface area contributed by atoms with Gasteiger partial charge in [-0.2, -0.15) is 0 Å². The Hall–Kier alpha value is -0.0400. The van der Waals surface area contributed by atoms with E-state index in [0.29, 0.717) is 0 Å². The monoisotopic (exact) mass is 129 g/mol. The van der Waals surface area contributed by atoms with Gasteiger partial charge in [-0.25, -0.2) is 5.11 Å². The van der Waals surface area contributed by atoms with Crippen LogP contribution in [0.15, 0.2) is 0 Å². The minimum Gasteiger partial charge on any atom is -0.230 e. The van der Waals surface area contributed by atoms with Crippen molar-refractivity contribution in [3.05, 3.63) is 0 Å². The average molecular weight is 129 g/mol. The molecule has 9 heavy (non-hydrogen) atoms. The Kier molecular flexibility index (Phi) is 3.87. The summed E-state index contributed by atoms with van der Waals surface area (Å²) in [4.78, 5) is 0. The predicted molar refractivity (Wildman–Crippen MR) is 38.9 cm³/mol. The first-order valence-electron chi connectivity index (χ1n) is 3.83. The quantitative estimate of drug-likeness (QED) is 0.556. The lowest BCUT2D eigenvalue weighted by atomic mass is 9.97. The minimum absolute atomic E-state index is 0.657. The molecule has 1 radical (unpaired) electrons. The summed E-state index contributed by atoms with van der Waals surface area (Å²) < 4.78 is 0. The van der Waals surface area contributed by atoms with E-state index in [0.717, 1.165) is 25.7 Å². The summed E-state index contributed by atoms with van der Waals surface area (Å²) in [6.07, 6.45) is 3.80. The van der Waals surface area contributed by atoms with Crippen molar-refractivity contribution in [2.24, 2.45) is 0 Å². The van der Waals surface area contributed by atoms with E-state index in [2.05, 4.69) is 6.92 Å². The third-order valence-electron chi connectivity index (χ3n) is 1.81. The van der Waals surface area contributed by atoms with E-state index in [9.17, 15) is 5.11 Å². The van der Waals surface area contributed by atoms with E-state index in [1.807, 2.05) is 6.92 Å². The molecule has 1 atom stereocenters. The molecule has 0 bridgehead atoms. The van der Waals surface area contributed by atoms with Crippen molar-refractivity contribution >= 4 is 0 Å². The van der Waals surface area contributed by atoms with E-state index in [1.165, 1.54) is 0 Å². The highest BCUT2D eigenvalue weighted by atomic mass is 16.3. The van der Waals surface area contributed by atoms with Crippen molar-refractivity contribution in [3.63, 3.8) is 0 Å². The molecule has 0 aliphatic rings. The molecule has 0 heterocycles. The van der Waals surface area contributed by atoms with Gasteiger partial charge in [0.15, 0.2) is 0 Å². The van der Waals surface area contributed by atoms with Gasteiger partial charge in [0.05, 0.1) is 0 Å². The van der Waals surface area contributed by atoms with Crippen molar-refractivity contribution in [1.82, 2.24) is 0 Å². The number of hydrogen-bond acceptors (Lipinski definition) is 0. The van der Waals surface area contributed by atoms with Crippen LogP contribution in [0.2, 0.25) is 0 Å². The van der Waals surface area contributed by atoms with Crippen LogP contribution in [0.3, 0.4) is 0 Å². The maximum atomic E-state index is 11.2. The molecule has 0 spiro atoms. The molecule has 0 fully saturated rings. The summed E-state index contributed by atoms with van der Waals surface area (Å²) in [6, 6.07) is 0. The highest BCUT2D eigenvalue weighted by Crippen LogP contribution is 2.17. The maximum Gasteiger partial charge on any atom is 0.101 e. The van der Waals surface area contributed by atoms with Crippen LogP contribution in [-0.4, -0.2) is 5.60 Å². The zero-order chi connectivity index (χ0) is 7.33. The van der Waals surface area contributed by atoms with Crippen molar-refractivity contribution in [1.29, 1.82) is 0 Å². The second kappa shape index (κ2) is 3.89. The molecule has 0 amide bonds. The smallest absolute Gasteiger partial charge is 0.101 e. The molecule has 1 nitrogen and oxygen atoms in total. The summed E-state index contributed by atoms with van der Waals surface area (Å²) in [5.41, 5.74) is -0.657. The third-order valence-corrected chi connectivity index (χ3v) is 1.81. The third kappa shape index (κ3) is 4.46. The van der Waals surface area contributed by atoms with Gasteiger partial charge in [0, 0.05) is 0 Å². The standard InChI is InChI=1S/C8H17O/c1-4-6-7-8(3,9)5-2/h4-7H2,1-3H3. The van der Waals surface area contributed by atoms with Gasteiger partial charge in [0.2, 0.25) is 0 Å². The van der Waals surface area contributed by atoms with Crippen LogP contribution < -0.4 is 0 Å². The number of rotatable bonds is 4. The summed E-state index contributed by atoms with van der Waals surface area (Å²) in [6.45, 7) is 5.87. The van der Waals surface area contributed by atoms with Crippen molar-refractivity contribution in [2.45, 2.75) is 52.1 Å². The Labute approximate surface area is 58.1 Å². The zero-order valence-corrected chi connectivity index (χ0v) is 6.74. The first kappa shape index (κ1) is 8.96. The lowest BCUT2D eigenvalue weighted by Gasteiger charge is -2.16. The Morgan fingerprint density at radius 3 is 2.22 bits per heavy atom. The van der Waals surface area contributed by atoms with E-state index >= 15 is 0 Å². The van der Waals surface area contributed by atoms with Crippen LogP contribution >= 0.6 is 0 Å². The Bertz CT molecular complexity index is 67.0. The molecule has 0 N–H and O–H groups in total. The lowest BCUT2D eigenvalue weighted by molar-refractivity contribution is -0.0248. The molecule has 1 heteroatoms. The summed E-state index contributed by atoms with van der Waals surface area (Å²) in [5, 5.41) is 11.2. The normalized spacial score (nSPS) is 17.3. The van der Waals surface area contributed by atoms with Gasteiger partial charge in [-0.15, -0.1) is 0 Å². The van der Waals surface area contributed by atoms with Crippen LogP contribution in [0, 0.1) is 0 Å². The van der Waals surface area contributed by atoms with E-state index < -0.39 is 5.60 Å². The fraction of sp³-hybridized carbons (Fsp3) is 1.00. The molecular formula is C8H17O. The van der Waals surface area contributed by atoms with Crippen LogP contribution in [0.5, 0.6) is 0 Å². The van der Waals surface area contributed by atoms with Crippen LogP contribution in [0.25, 0.3) is 0 Å². The van der Waals surface area contributed by atoms with Gasteiger partial charge in [0.1, 0.15) is 5.60 Å². The van der Waals surface area contributed by atoms with Crippen molar-refractivity contribution < 1.29 is 5.11 Å². The van der Waals surface area contributed by atoms with Gasteiger partial charge in [0.25, 0.3) is 0 Å². The molecule has 55 valence electrons. The SMILES string of the molecule is CCCCC(C)([O])CC. The van der Waals surface area contributed by atoms with Crippen molar-refractivity contribution in [3.8, 4) is 0 Å². The highest BCUT2D eigenvalue weighted by molar-refractivity contribution is 4.68. The Morgan fingerprint density at radius 2 is 1.89 bits per heavy atom. The molecule has 0 aromatic carbocycles. The van der Waals surface area contributed by atoms with Gasteiger partial charge < -0.3 is 0 Å². The summed E-state index contributed by atoms with van der Waals surface area (Å²) in [5.74, 6) is 0. The average Bonchev–Trinajstić information content (AvgIpc) is 1.84. The van der Waals surface area contributed by atoms with Crippen molar-refractivity contribution in [2.75, 3.05) is 0 Å². The topological polar surface area (TPSA) is 19.9 Å². The molecule has 0 aromatic heterocycles. The van der Waals surface area contributed by atoms with E-state index in [1.54, 1.807) is 6.92 Å². The molecule has 1 unspecified atom stereocenters. The van der Waals surface area contributed by atoms with Gasteiger partial charge in [-0.05, 0) is 19.8 Å². The van der Waals surface area contributed by atoms with Gasteiger partial charge >= 0.3 is 0 Å². The first-order chi connectivity index (χ1) is 4.12. The molecule has 0 saturated carbocycles. The Balaban J connectivity index is 3.33. The maximum absolute atomic E-state index is 11.2. The second-order valence-corrected chi connectivity index (χ2v) is 2.91. The molecule has 0 aliphatic carbocycles. The predicted octanol–water partition coefficient (Wildman–Crippen LogP) is 2.78. The highest BCUT2D eigenvalue weighted by Gasteiger charge is 2.18. The summed E-state index contributed by atoms with van der Waals surface area (Å²) >= 11 is 0. The fourth-order valence-electron chi connectivity index (χ4n) is 0.727. The molecule has 0 saturated heterocycles. The van der Waals surface area contributed by atoms with Gasteiger partial charge in [-0.3, -0.25) is 0 Å². The minimum atomic E-state index is -0.657. The first-order valence-corrected chi connectivity index (χ1v) is 3.83. The van der Waals surface area contributed by atoms with E-state index in [4.69, 9.17) is 0 Å². The van der Waals surface area contributed by atoms with Crippen LogP contribution in [0.1, 0.15) is 46.5 Å². The van der Waals surface area contributed by atoms with Gasteiger partial charge in [-0.1, -0.05) is 26.7 Å². The summed E-state index contributed by atoms with van der Waals surface area (Å²) in [7, 11) is 0. The molecule has 0 rings (SSSR count). The molecular weight excluding hydrogens is 112 g/mol. The van der Waals surface area contributed by atoms with Crippen LogP contribution in [-0.2, 0) is 5.11 Å².